The van der Waals surface area contributed by atoms with E-state index in [0.717, 1.165) is 44.4 Å². The summed E-state index contributed by atoms with van der Waals surface area (Å²) in [5.41, 5.74) is 9.70. The fourth-order valence-electron chi connectivity index (χ4n) is 7.64. The predicted molar refractivity (Wildman–Crippen MR) is 212 cm³/mol. The van der Waals surface area contributed by atoms with Gasteiger partial charge < -0.3 is 9.32 Å². The minimum Gasteiger partial charge on any atom is -0.453 e. The van der Waals surface area contributed by atoms with Gasteiger partial charge in [0.2, 0.25) is 0 Å². The molecule has 0 radical (unpaired) electrons. The summed E-state index contributed by atoms with van der Waals surface area (Å²) in [7, 11) is 0. The van der Waals surface area contributed by atoms with Crippen LogP contribution in [-0.4, -0.2) is 0 Å². The molecule has 0 aliphatic heterocycles. The van der Waals surface area contributed by atoms with Crippen LogP contribution >= 0.6 is 0 Å². The Balaban J connectivity index is 1.18. The van der Waals surface area contributed by atoms with E-state index in [1.165, 1.54) is 49.2 Å². The maximum Gasteiger partial charge on any atom is 0.159 e. The van der Waals surface area contributed by atoms with Gasteiger partial charge in [0, 0.05) is 27.5 Å². The average molecular weight is 638 g/mol. The summed E-state index contributed by atoms with van der Waals surface area (Å²) in [6.45, 7) is 0. The zero-order valence-corrected chi connectivity index (χ0v) is 27.3. The van der Waals surface area contributed by atoms with E-state index in [0.29, 0.717) is 0 Å². The lowest BCUT2D eigenvalue weighted by Crippen LogP contribution is -2.10. The van der Waals surface area contributed by atoms with E-state index in [-0.39, 0.29) is 0 Å². The zero-order chi connectivity index (χ0) is 33.0. The molecule has 50 heavy (non-hydrogen) atoms. The third-order valence-corrected chi connectivity index (χ3v) is 10.0. The lowest BCUT2D eigenvalue weighted by molar-refractivity contribution is 0.673. The number of fused-ring (bicyclic) bond motifs is 8. The second-order valence-corrected chi connectivity index (χ2v) is 12.9. The Hall–Kier alpha value is -6.64. The minimum atomic E-state index is 0.866. The molecule has 0 unspecified atom stereocenters. The second kappa shape index (κ2) is 11.5. The van der Waals surface area contributed by atoms with E-state index in [2.05, 4.69) is 193 Å². The lowest BCUT2D eigenvalue weighted by atomic mass is 9.93. The quantitative estimate of drug-likeness (QED) is 0.175. The number of hydrogen-bond donors (Lipinski definition) is 0. The monoisotopic (exact) mass is 637 g/mol. The van der Waals surface area contributed by atoms with Crippen molar-refractivity contribution in [1.29, 1.82) is 0 Å². The molecule has 0 saturated carbocycles. The maximum absolute atomic E-state index is 6.98. The van der Waals surface area contributed by atoms with Crippen LogP contribution in [0.2, 0.25) is 0 Å². The first kappa shape index (κ1) is 28.4. The topological polar surface area (TPSA) is 16.4 Å². The fourth-order valence-corrected chi connectivity index (χ4v) is 7.64. The molecule has 0 N–H and O–H groups in total. The molecule has 10 rings (SSSR count). The summed E-state index contributed by atoms with van der Waals surface area (Å²) in [5, 5.41) is 9.55. The first-order valence-electron chi connectivity index (χ1n) is 17.1. The summed E-state index contributed by atoms with van der Waals surface area (Å²) in [5.74, 6) is 0. The van der Waals surface area contributed by atoms with Gasteiger partial charge in [-0.2, -0.15) is 0 Å². The van der Waals surface area contributed by atoms with Crippen LogP contribution in [0.5, 0.6) is 0 Å². The molecule has 234 valence electrons. The van der Waals surface area contributed by atoms with Gasteiger partial charge in [0.25, 0.3) is 0 Å². The van der Waals surface area contributed by atoms with Crippen LogP contribution in [0.3, 0.4) is 0 Å². The van der Waals surface area contributed by atoms with Gasteiger partial charge in [-0.05, 0) is 91.6 Å². The molecule has 2 nitrogen and oxygen atoms in total. The average Bonchev–Trinajstić information content (AvgIpc) is 3.58. The Bertz CT molecular complexity index is 2850. The molecule has 0 aliphatic rings. The van der Waals surface area contributed by atoms with Gasteiger partial charge in [-0.3, -0.25) is 0 Å². The fraction of sp³-hybridized carbons (Fsp3) is 0. The number of furan rings is 1. The third kappa shape index (κ3) is 4.57. The molecule has 0 atom stereocenters. The van der Waals surface area contributed by atoms with Crippen molar-refractivity contribution in [2.24, 2.45) is 0 Å². The van der Waals surface area contributed by atoms with Gasteiger partial charge >= 0.3 is 0 Å². The van der Waals surface area contributed by atoms with Gasteiger partial charge in [-0.25, -0.2) is 0 Å². The summed E-state index contributed by atoms with van der Waals surface area (Å²) in [6.07, 6.45) is 0. The summed E-state index contributed by atoms with van der Waals surface area (Å²) in [4.78, 5) is 2.30. The Kier molecular flexibility index (Phi) is 6.53. The SMILES string of the molecule is c1ccc(-c2ccc(N(c3ccccc3)c3cccc4c3oc3c5ccccc5c(-c5ccc6c(ccc7ccccc76)c5)cc43)cc2)cc1. The Morgan fingerprint density at radius 1 is 0.320 bits per heavy atom. The van der Waals surface area contributed by atoms with Crippen LogP contribution in [0.4, 0.5) is 17.1 Å². The van der Waals surface area contributed by atoms with Crippen molar-refractivity contribution >= 4 is 71.3 Å². The van der Waals surface area contributed by atoms with Crippen molar-refractivity contribution in [1.82, 2.24) is 0 Å². The van der Waals surface area contributed by atoms with Crippen LogP contribution in [0.15, 0.2) is 192 Å². The molecule has 0 saturated heterocycles. The van der Waals surface area contributed by atoms with Crippen LogP contribution in [0.25, 0.3) is 76.5 Å². The van der Waals surface area contributed by atoms with Crippen LogP contribution in [0.1, 0.15) is 0 Å². The Morgan fingerprint density at radius 2 is 0.900 bits per heavy atom. The first-order chi connectivity index (χ1) is 24.8. The van der Waals surface area contributed by atoms with Crippen molar-refractivity contribution in [3.63, 3.8) is 0 Å². The number of rotatable bonds is 5. The number of benzene rings is 9. The van der Waals surface area contributed by atoms with Crippen molar-refractivity contribution in [3.8, 4) is 22.3 Å². The molecular weight excluding hydrogens is 607 g/mol. The third-order valence-electron chi connectivity index (χ3n) is 10.0. The minimum absolute atomic E-state index is 0.866. The second-order valence-electron chi connectivity index (χ2n) is 12.9. The maximum atomic E-state index is 6.98. The Labute approximate surface area is 290 Å². The van der Waals surface area contributed by atoms with E-state index in [1.54, 1.807) is 0 Å². The van der Waals surface area contributed by atoms with Crippen molar-refractivity contribution < 1.29 is 4.42 Å². The number of anilines is 3. The van der Waals surface area contributed by atoms with Crippen molar-refractivity contribution in [3.05, 3.63) is 188 Å². The smallest absolute Gasteiger partial charge is 0.159 e. The first-order valence-corrected chi connectivity index (χ1v) is 17.1. The molecule has 1 aromatic heterocycles. The van der Waals surface area contributed by atoms with Crippen LogP contribution in [-0.2, 0) is 0 Å². The van der Waals surface area contributed by atoms with Crippen LogP contribution in [0, 0.1) is 0 Å². The number of hydrogen-bond acceptors (Lipinski definition) is 2. The molecule has 0 bridgehead atoms. The van der Waals surface area contributed by atoms with E-state index in [4.69, 9.17) is 4.42 Å². The van der Waals surface area contributed by atoms with Gasteiger partial charge in [-0.1, -0.05) is 146 Å². The highest BCUT2D eigenvalue weighted by atomic mass is 16.3. The molecule has 2 heteroatoms. The Morgan fingerprint density at radius 3 is 1.72 bits per heavy atom. The lowest BCUT2D eigenvalue weighted by Gasteiger charge is -2.25. The van der Waals surface area contributed by atoms with E-state index in [1.807, 2.05) is 0 Å². The zero-order valence-electron chi connectivity index (χ0n) is 27.3. The molecule has 0 aliphatic carbocycles. The van der Waals surface area contributed by atoms with Crippen molar-refractivity contribution in [2.45, 2.75) is 0 Å². The van der Waals surface area contributed by atoms with Crippen LogP contribution < -0.4 is 4.90 Å². The summed E-state index contributed by atoms with van der Waals surface area (Å²) >= 11 is 0. The largest absolute Gasteiger partial charge is 0.453 e. The summed E-state index contributed by atoms with van der Waals surface area (Å²) in [6, 6.07) is 67.3. The van der Waals surface area contributed by atoms with Gasteiger partial charge in [0.15, 0.2) is 5.58 Å². The van der Waals surface area contributed by atoms with E-state index >= 15 is 0 Å². The van der Waals surface area contributed by atoms with Gasteiger partial charge in [-0.15, -0.1) is 0 Å². The molecule has 9 aromatic carbocycles. The standard InChI is InChI=1S/C48H31NO/c1-3-12-32(13-4-1)33-24-27-38(28-25-33)49(37-15-5-2-6-16-37)46-21-11-20-43-45-31-44(41-18-9-10-19-42(41)47(45)50-48(43)46)36-26-29-40-35(30-36)23-22-34-14-7-8-17-39(34)40/h1-31H. The predicted octanol–water partition coefficient (Wildman–Crippen LogP) is 13.8. The highest BCUT2D eigenvalue weighted by Gasteiger charge is 2.21. The molecule has 0 amide bonds. The number of para-hydroxylation sites is 2. The highest BCUT2D eigenvalue weighted by molar-refractivity contribution is 6.21. The molecule has 0 spiro atoms. The normalized spacial score (nSPS) is 11.6. The number of nitrogens with zero attached hydrogens (tertiary/aromatic N) is 1. The molecule has 10 aromatic rings. The van der Waals surface area contributed by atoms with E-state index in [9.17, 15) is 0 Å². The highest BCUT2D eigenvalue weighted by Crippen LogP contribution is 2.46. The van der Waals surface area contributed by atoms with Crippen molar-refractivity contribution in [2.75, 3.05) is 4.90 Å². The molecular formula is C48H31NO. The van der Waals surface area contributed by atoms with Gasteiger partial charge in [0.1, 0.15) is 5.58 Å². The molecule has 1 heterocycles. The summed E-state index contributed by atoms with van der Waals surface area (Å²) < 4.78 is 6.98. The molecule has 0 fully saturated rings. The van der Waals surface area contributed by atoms with E-state index < -0.39 is 0 Å². The van der Waals surface area contributed by atoms with Gasteiger partial charge in [0.05, 0.1) is 5.69 Å².